The van der Waals surface area contributed by atoms with Gasteiger partial charge in [-0.2, -0.15) is 9.40 Å². The minimum absolute atomic E-state index is 0.0474. The summed E-state index contributed by atoms with van der Waals surface area (Å²) in [6.45, 7) is 4.97. The monoisotopic (exact) mass is 356 g/mol. The smallest absolute Gasteiger partial charge is 0.241 e. The summed E-state index contributed by atoms with van der Waals surface area (Å²) in [6, 6.07) is -0.512. The van der Waals surface area contributed by atoms with Crippen molar-refractivity contribution in [3.8, 4) is 0 Å². The first-order valence-corrected chi connectivity index (χ1v) is 10.1. The molecule has 1 atom stereocenters. The molecule has 2 saturated heterocycles. The number of sulfonamides is 1. The zero-order valence-corrected chi connectivity index (χ0v) is 14.7. The molecule has 1 aromatic heterocycles. The van der Waals surface area contributed by atoms with Crippen molar-refractivity contribution in [2.24, 2.45) is 0 Å². The van der Waals surface area contributed by atoms with Crippen LogP contribution in [0.25, 0.3) is 0 Å². The van der Waals surface area contributed by atoms with E-state index >= 15 is 0 Å². The molecule has 24 heavy (non-hydrogen) atoms. The van der Waals surface area contributed by atoms with E-state index in [1.165, 1.54) is 16.9 Å². The Kier molecular flexibility index (Phi) is 5.16. The highest BCUT2D eigenvalue weighted by Gasteiger charge is 2.39. The van der Waals surface area contributed by atoms with Gasteiger partial charge >= 0.3 is 0 Å². The van der Waals surface area contributed by atoms with Gasteiger partial charge in [-0.25, -0.2) is 13.4 Å². The number of carbonyl (C=O) groups is 1. The van der Waals surface area contributed by atoms with Crippen molar-refractivity contribution < 1.29 is 13.2 Å². The molecule has 10 heteroatoms. The lowest BCUT2D eigenvalue weighted by Gasteiger charge is -2.36. The van der Waals surface area contributed by atoms with Crippen LogP contribution in [0.3, 0.4) is 0 Å². The van der Waals surface area contributed by atoms with Crippen LogP contribution in [0.15, 0.2) is 12.7 Å². The van der Waals surface area contributed by atoms with E-state index in [0.29, 0.717) is 26.1 Å². The van der Waals surface area contributed by atoms with Crippen molar-refractivity contribution in [1.82, 2.24) is 28.9 Å². The second-order valence-electron chi connectivity index (χ2n) is 6.36. The quantitative estimate of drug-likeness (QED) is 0.661. The summed E-state index contributed by atoms with van der Waals surface area (Å²) in [5.74, 6) is -0.0474. The maximum absolute atomic E-state index is 12.7. The van der Waals surface area contributed by atoms with Crippen molar-refractivity contribution in [2.45, 2.75) is 25.4 Å². The van der Waals surface area contributed by atoms with Crippen LogP contribution in [0.1, 0.15) is 12.8 Å². The summed E-state index contributed by atoms with van der Waals surface area (Å²) < 4.78 is 26.8. The fourth-order valence-electron chi connectivity index (χ4n) is 3.38. The average molecular weight is 356 g/mol. The highest BCUT2D eigenvalue weighted by molar-refractivity contribution is 7.88. The van der Waals surface area contributed by atoms with Crippen LogP contribution in [0.2, 0.25) is 0 Å². The zero-order chi connectivity index (χ0) is 17.2. The Balaban J connectivity index is 1.50. The molecule has 0 aromatic carbocycles. The maximum atomic E-state index is 12.7. The molecule has 3 heterocycles. The van der Waals surface area contributed by atoms with E-state index in [9.17, 15) is 13.2 Å². The molecule has 2 aliphatic heterocycles. The SMILES string of the molecule is CS(=O)(=O)N1CCC[C@H]1C(=O)N1CCN(CCn2cncn2)CC1. The van der Waals surface area contributed by atoms with Gasteiger partial charge in [0.25, 0.3) is 0 Å². The van der Waals surface area contributed by atoms with Crippen LogP contribution < -0.4 is 0 Å². The molecule has 0 radical (unpaired) electrons. The molecule has 9 nitrogen and oxygen atoms in total. The van der Waals surface area contributed by atoms with E-state index < -0.39 is 16.1 Å². The molecule has 3 rings (SSSR count). The van der Waals surface area contributed by atoms with Crippen molar-refractivity contribution in [3.63, 3.8) is 0 Å². The molecule has 2 fully saturated rings. The minimum atomic E-state index is -3.32. The Hall–Kier alpha value is -1.52. The lowest BCUT2D eigenvalue weighted by molar-refractivity contribution is -0.136. The molecule has 0 unspecified atom stereocenters. The topological polar surface area (TPSA) is 91.6 Å². The second kappa shape index (κ2) is 7.16. The lowest BCUT2D eigenvalue weighted by atomic mass is 10.2. The van der Waals surface area contributed by atoms with Gasteiger partial charge in [0.15, 0.2) is 0 Å². The summed E-state index contributed by atoms with van der Waals surface area (Å²) in [5.41, 5.74) is 0. The summed E-state index contributed by atoms with van der Waals surface area (Å²) in [4.78, 5) is 20.7. The van der Waals surface area contributed by atoms with Gasteiger partial charge in [-0.1, -0.05) is 0 Å². The minimum Gasteiger partial charge on any atom is -0.339 e. The Labute approximate surface area is 142 Å². The van der Waals surface area contributed by atoms with E-state index in [1.54, 1.807) is 15.9 Å². The summed E-state index contributed by atoms with van der Waals surface area (Å²) in [6.07, 6.45) is 5.77. The molecular weight excluding hydrogens is 332 g/mol. The first-order valence-electron chi connectivity index (χ1n) is 8.25. The molecule has 0 aliphatic carbocycles. The van der Waals surface area contributed by atoms with Gasteiger partial charge in [0.2, 0.25) is 15.9 Å². The number of rotatable bonds is 5. The van der Waals surface area contributed by atoms with Crippen molar-refractivity contribution in [2.75, 3.05) is 45.5 Å². The zero-order valence-electron chi connectivity index (χ0n) is 13.9. The molecule has 0 spiro atoms. The number of nitrogens with zero attached hydrogens (tertiary/aromatic N) is 6. The van der Waals surface area contributed by atoms with Gasteiger partial charge in [-0.3, -0.25) is 14.4 Å². The Bertz CT molecular complexity index is 654. The fourth-order valence-corrected chi connectivity index (χ4v) is 4.50. The summed E-state index contributed by atoms with van der Waals surface area (Å²) in [5, 5.41) is 4.08. The van der Waals surface area contributed by atoms with E-state index in [-0.39, 0.29) is 5.91 Å². The van der Waals surface area contributed by atoms with E-state index in [1.807, 2.05) is 0 Å². The maximum Gasteiger partial charge on any atom is 0.241 e. The van der Waals surface area contributed by atoms with Gasteiger partial charge in [0.05, 0.1) is 12.8 Å². The highest BCUT2D eigenvalue weighted by atomic mass is 32.2. The normalized spacial score (nSPS) is 23.7. The number of amides is 1. The van der Waals surface area contributed by atoms with Gasteiger partial charge < -0.3 is 4.90 Å². The van der Waals surface area contributed by atoms with Crippen LogP contribution in [-0.2, 0) is 21.4 Å². The third-order valence-electron chi connectivity index (χ3n) is 4.71. The van der Waals surface area contributed by atoms with Gasteiger partial charge in [0.1, 0.15) is 18.7 Å². The predicted octanol–water partition coefficient (Wildman–Crippen LogP) is -1.15. The third kappa shape index (κ3) is 3.93. The second-order valence-corrected chi connectivity index (χ2v) is 8.29. The molecule has 1 amide bonds. The molecule has 0 saturated carbocycles. The molecule has 1 aromatic rings. The van der Waals surface area contributed by atoms with E-state index in [4.69, 9.17) is 0 Å². The van der Waals surface area contributed by atoms with Gasteiger partial charge in [0, 0.05) is 39.3 Å². The van der Waals surface area contributed by atoms with Crippen molar-refractivity contribution in [1.29, 1.82) is 0 Å². The first-order chi connectivity index (χ1) is 11.4. The van der Waals surface area contributed by atoms with E-state index in [0.717, 1.165) is 32.6 Å². The first kappa shape index (κ1) is 17.3. The molecular formula is C14H24N6O3S. The van der Waals surface area contributed by atoms with Crippen LogP contribution in [-0.4, -0.2) is 94.8 Å². The third-order valence-corrected chi connectivity index (χ3v) is 6.00. The molecule has 2 aliphatic rings. The Morgan fingerprint density at radius 2 is 1.92 bits per heavy atom. The van der Waals surface area contributed by atoms with E-state index in [2.05, 4.69) is 15.0 Å². The van der Waals surface area contributed by atoms with Crippen LogP contribution in [0, 0.1) is 0 Å². The fraction of sp³-hybridized carbons (Fsp3) is 0.786. The Morgan fingerprint density at radius 1 is 1.17 bits per heavy atom. The molecule has 0 N–H and O–H groups in total. The van der Waals surface area contributed by atoms with Crippen molar-refractivity contribution >= 4 is 15.9 Å². The summed E-state index contributed by atoms with van der Waals surface area (Å²) >= 11 is 0. The number of carbonyl (C=O) groups excluding carboxylic acids is 1. The van der Waals surface area contributed by atoms with Crippen LogP contribution in [0.5, 0.6) is 0 Å². The average Bonchev–Trinajstić information content (AvgIpc) is 3.23. The van der Waals surface area contributed by atoms with Gasteiger partial charge in [-0.15, -0.1) is 0 Å². The van der Waals surface area contributed by atoms with Crippen LogP contribution in [0.4, 0.5) is 0 Å². The molecule has 0 bridgehead atoms. The summed E-state index contributed by atoms with van der Waals surface area (Å²) in [7, 11) is -3.32. The Morgan fingerprint density at radius 3 is 2.54 bits per heavy atom. The predicted molar refractivity (Wildman–Crippen MR) is 87.6 cm³/mol. The number of hydrogen-bond donors (Lipinski definition) is 0. The largest absolute Gasteiger partial charge is 0.339 e. The highest BCUT2D eigenvalue weighted by Crippen LogP contribution is 2.22. The standard InChI is InChI=1S/C14H24N6O3S/c1-24(22,23)20-4-2-3-13(20)14(21)18-8-5-17(6-9-18)7-10-19-12-15-11-16-19/h11-13H,2-10H2,1H3/t13-/m0/s1. The van der Waals surface area contributed by atoms with Crippen LogP contribution >= 0.6 is 0 Å². The lowest BCUT2D eigenvalue weighted by Crippen LogP contribution is -2.54. The van der Waals surface area contributed by atoms with Crippen molar-refractivity contribution in [3.05, 3.63) is 12.7 Å². The number of aromatic nitrogens is 3. The number of hydrogen-bond acceptors (Lipinski definition) is 6. The molecule has 134 valence electrons. The number of piperazine rings is 1. The van der Waals surface area contributed by atoms with Gasteiger partial charge in [-0.05, 0) is 12.8 Å².